The van der Waals surface area contributed by atoms with Crippen LogP contribution in [0.15, 0.2) is 54.7 Å². The highest BCUT2D eigenvalue weighted by molar-refractivity contribution is 6.31. The third-order valence-corrected chi connectivity index (χ3v) is 4.10. The van der Waals surface area contributed by atoms with Gasteiger partial charge in [0.1, 0.15) is 0 Å². The van der Waals surface area contributed by atoms with Crippen molar-refractivity contribution in [1.29, 1.82) is 0 Å². The Morgan fingerprint density at radius 1 is 1.17 bits per heavy atom. The largest absolute Gasteiger partial charge is 0.346 e. The van der Waals surface area contributed by atoms with Crippen molar-refractivity contribution in [1.82, 2.24) is 20.3 Å². The van der Waals surface area contributed by atoms with E-state index in [1.54, 1.807) is 16.9 Å². The Hall–Kier alpha value is -2.66. The minimum Gasteiger partial charge on any atom is -0.346 e. The van der Waals surface area contributed by atoms with Crippen molar-refractivity contribution in [2.45, 2.75) is 19.9 Å². The van der Waals surface area contributed by atoms with E-state index in [9.17, 15) is 4.79 Å². The third kappa shape index (κ3) is 3.63. The lowest BCUT2D eigenvalue weighted by atomic mass is 10.1. The molecule has 0 bridgehead atoms. The van der Waals surface area contributed by atoms with Gasteiger partial charge in [-0.05, 0) is 35.7 Å². The van der Waals surface area contributed by atoms with Crippen molar-refractivity contribution in [3.05, 3.63) is 76.6 Å². The molecule has 0 unspecified atom stereocenters. The first-order chi connectivity index (χ1) is 11.7. The van der Waals surface area contributed by atoms with E-state index in [1.807, 2.05) is 42.5 Å². The van der Waals surface area contributed by atoms with E-state index in [1.165, 1.54) is 5.56 Å². The number of carbonyl (C=O) groups is 1. The zero-order valence-electron chi connectivity index (χ0n) is 13.2. The fourth-order valence-electron chi connectivity index (χ4n) is 2.29. The van der Waals surface area contributed by atoms with Gasteiger partial charge in [0.15, 0.2) is 5.69 Å². The van der Waals surface area contributed by atoms with Crippen LogP contribution in [0.25, 0.3) is 5.69 Å². The maximum absolute atomic E-state index is 12.2. The van der Waals surface area contributed by atoms with Gasteiger partial charge >= 0.3 is 0 Å². The van der Waals surface area contributed by atoms with Gasteiger partial charge in [-0.1, -0.05) is 54.1 Å². The maximum Gasteiger partial charge on any atom is 0.273 e. The number of aromatic nitrogens is 3. The van der Waals surface area contributed by atoms with Crippen LogP contribution in [-0.4, -0.2) is 20.9 Å². The minimum absolute atomic E-state index is 0.265. The summed E-state index contributed by atoms with van der Waals surface area (Å²) in [4.78, 5) is 12.2. The molecule has 0 aliphatic heterocycles. The van der Waals surface area contributed by atoms with Gasteiger partial charge < -0.3 is 5.32 Å². The molecule has 5 nitrogen and oxygen atoms in total. The summed E-state index contributed by atoms with van der Waals surface area (Å²) in [5, 5.41) is 11.4. The molecule has 24 heavy (non-hydrogen) atoms. The Balaban J connectivity index is 1.68. The van der Waals surface area contributed by atoms with Crippen molar-refractivity contribution in [2.24, 2.45) is 0 Å². The highest BCUT2D eigenvalue weighted by Crippen LogP contribution is 2.14. The van der Waals surface area contributed by atoms with Gasteiger partial charge in [-0.25, -0.2) is 4.68 Å². The van der Waals surface area contributed by atoms with Crippen LogP contribution in [0, 0.1) is 0 Å². The zero-order chi connectivity index (χ0) is 16.9. The zero-order valence-corrected chi connectivity index (χ0v) is 14.0. The molecule has 0 aliphatic rings. The van der Waals surface area contributed by atoms with Crippen molar-refractivity contribution >= 4 is 17.5 Å². The summed E-state index contributed by atoms with van der Waals surface area (Å²) in [6, 6.07) is 15.4. The molecule has 1 heterocycles. The number of amides is 1. The topological polar surface area (TPSA) is 59.8 Å². The summed E-state index contributed by atoms with van der Waals surface area (Å²) in [6.45, 7) is 2.45. The predicted octanol–water partition coefficient (Wildman–Crippen LogP) is 3.41. The normalized spacial score (nSPS) is 10.6. The van der Waals surface area contributed by atoms with Gasteiger partial charge in [0.25, 0.3) is 5.91 Å². The Kier molecular flexibility index (Phi) is 4.91. The second-order valence-electron chi connectivity index (χ2n) is 5.34. The molecule has 0 atom stereocenters. The first kappa shape index (κ1) is 16.2. The van der Waals surface area contributed by atoms with E-state index >= 15 is 0 Å². The Morgan fingerprint density at radius 3 is 2.62 bits per heavy atom. The van der Waals surface area contributed by atoms with E-state index in [0.717, 1.165) is 17.7 Å². The Labute approximate surface area is 145 Å². The lowest BCUT2D eigenvalue weighted by Crippen LogP contribution is -2.23. The second-order valence-corrected chi connectivity index (χ2v) is 5.75. The van der Waals surface area contributed by atoms with Crippen molar-refractivity contribution < 1.29 is 4.79 Å². The minimum atomic E-state index is -0.286. The Morgan fingerprint density at radius 2 is 1.92 bits per heavy atom. The van der Waals surface area contributed by atoms with Gasteiger partial charge in [-0.15, -0.1) is 5.10 Å². The maximum atomic E-state index is 12.2. The molecule has 6 heteroatoms. The number of rotatable bonds is 5. The molecule has 3 aromatic rings. The van der Waals surface area contributed by atoms with E-state index in [-0.39, 0.29) is 11.6 Å². The number of carbonyl (C=O) groups excluding carboxylic acids is 1. The second kappa shape index (κ2) is 7.27. The smallest absolute Gasteiger partial charge is 0.273 e. The van der Waals surface area contributed by atoms with Crippen LogP contribution < -0.4 is 5.32 Å². The lowest BCUT2D eigenvalue weighted by Gasteiger charge is -2.05. The number of hydrogen-bond donors (Lipinski definition) is 1. The van der Waals surface area contributed by atoms with Crippen LogP contribution in [0.4, 0.5) is 0 Å². The van der Waals surface area contributed by atoms with Crippen LogP contribution in [-0.2, 0) is 13.0 Å². The SMILES string of the molecule is CCc1ccc(-n2cc(C(=O)NCc3ccccc3Cl)nn2)cc1. The number of benzene rings is 2. The molecule has 0 saturated heterocycles. The number of nitrogens with zero attached hydrogens (tertiary/aromatic N) is 3. The molecule has 2 aromatic carbocycles. The first-order valence-electron chi connectivity index (χ1n) is 7.70. The summed E-state index contributed by atoms with van der Waals surface area (Å²) in [7, 11) is 0. The highest BCUT2D eigenvalue weighted by Gasteiger charge is 2.12. The van der Waals surface area contributed by atoms with Gasteiger partial charge in [0, 0.05) is 11.6 Å². The molecule has 1 amide bonds. The number of aryl methyl sites for hydroxylation is 1. The molecule has 0 saturated carbocycles. The molecule has 122 valence electrons. The quantitative estimate of drug-likeness (QED) is 0.774. The molecular weight excluding hydrogens is 324 g/mol. The molecule has 0 fully saturated rings. The van der Waals surface area contributed by atoms with E-state index in [4.69, 9.17) is 11.6 Å². The summed E-state index contributed by atoms with van der Waals surface area (Å²) >= 11 is 6.08. The van der Waals surface area contributed by atoms with Crippen LogP contribution in [0.3, 0.4) is 0 Å². The number of hydrogen-bond acceptors (Lipinski definition) is 3. The average Bonchev–Trinajstić information content (AvgIpc) is 3.11. The van der Waals surface area contributed by atoms with E-state index in [2.05, 4.69) is 22.6 Å². The Bertz CT molecular complexity index is 842. The fourth-order valence-corrected chi connectivity index (χ4v) is 2.49. The van der Waals surface area contributed by atoms with Gasteiger partial charge in [0.05, 0.1) is 11.9 Å². The summed E-state index contributed by atoms with van der Waals surface area (Å²) < 4.78 is 1.59. The number of nitrogens with one attached hydrogen (secondary N) is 1. The summed E-state index contributed by atoms with van der Waals surface area (Å²) in [6.07, 6.45) is 2.59. The molecule has 1 aromatic heterocycles. The van der Waals surface area contributed by atoms with Gasteiger partial charge in [-0.3, -0.25) is 4.79 Å². The van der Waals surface area contributed by atoms with E-state index < -0.39 is 0 Å². The predicted molar refractivity (Wildman–Crippen MR) is 93.4 cm³/mol. The molecule has 0 aliphatic carbocycles. The number of halogens is 1. The van der Waals surface area contributed by atoms with Crippen molar-refractivity contribution in [3.63, 3.8) is 0 Å². The van der Waals surface area contributed by atoms with Crippen molar-refractivity contribution in [3.8, 4) is 5.69 Å². The lowest BCUT2D eigenvalue weighted by molar-refractivity contribution is 0.0946. The molecule has 3 rings (SSSR count). The van der Waals surface area contributed by atoms with Crippen LogP contribution in [0.2, 0.25) is 5.02 Å². The van der Waals surface area contributed by atoms with E-state index in [0.29, 0.717) is 11.6 Å². The summed E-state index contributed by atoms with van der Waals surface area (Å²) in [5.74, 6) is -0.286. The monoisotopic (exact) mass is 340 g/mol. The summed E-state index contributed by atoms with van der Waals surface area (Å²) in [5.41, 5.74) is 3.23. The molecule has 1 N–H and O–H groups in total. The average molecular weight is 341 g/mol. The molecular formula is C18H17ClN4O. The van der Waals surface area contributed by atoms with Crippen LogP contribution in [0.1, 0.15) is 28.5 Å². The molecule has 0 spiro atoms. The van der Waals surface area contributed by atoms with Gasteiger partial charge in [-0.2, -0.15) is 0 Å². The standard InChI is InChI=1S/C18H17ClN4O/c1-2-13-7-9-15(10-8-13)23-12-17(21-22-23)18(24)20-11-14-5-3-4-6-16(14)19/h3-10,12H,2,11H2,1H3,(H,20,24). The molecule has 0 radical (unpaired) electrons. The third-order valence-electron chi connectivity index (χ3n) is 3.73. The van der Waals surface area contributed by atoms with Crippen LogP contribution >= 0.6 is 11.6 Å². The first-order valence-corrected chi connectivity index (χ1v) is 8.08. The highest BCUT2D eigenvalue weighted by atomic mass is 35.5. The van der Waals surface area contributed by atoms with Crippen LogP contribution in [0.5, 0.6) is 0 Å². The van der Waals surface area contributed by atoms with Crippen molar-refractivity contribution in [2.75, 3.05) is 0 Å². The fraction of sp³-hybridized carbons (Fsp3) is 0.167. The van der Waals surface area contributed by atoms with Gasteiger partial charge in [0.2, 0.25) is 0 Å².